The molecule has 8 nitrogen and oxygen atoms in total. The first kappa shape index (κ1) is 23.5. The molecule has 0 radical (unpaired) electrons. The second-order valence-electron chi connectivity index (χ2n) is 9.32. The van der Waals surface area contributed by atoms with Crippen LogP contribution in [0.2, 0.25) is 5.02 Å². The van der Waals surface area contributed by atoms with Gasteiger partial charge >= 0.3 is 0 Å². The van der Waals surface area contributed by atoms with Crippen molar-refractivity contribution < 1.29 is 13.5 Å². The summed E-state index contributed by atoms with van der Waals surface area (Å²) >= 11 is 6.06. The summed E-state index contributed by atoms with van der Waals surface area (Å²) in [5.74, 6) is -0.628. The maximum absolute atomic E-state index is 12.6. The van der Waals surface area contributed by atoms with Crippen LogP contribution in [-0.2, 0) is 10.0 Å². The van der Waals surface area contributed by atoms with Crippen LogP contribution >= 0.6 is 11.6 Å². The SMILES string of the molecule is CN(C)S(=O)(=O)c1c(Cl)ccc(Nc2c(N[C@H]3C4=C(CC=C4)CCC3(C)C)c(=O)c2=O)c1O. The van der Waals surface area contributed by atoms with Gasteiger partial charge in [0.15, 0.2) is 5.75 Å². The first-order chi connectivity index (χ1) is 15.4. The molecule has 33 heavy (non-hydrogen) atoms. The minimum atomic E-state index is -4.06. The number of hydrogen-bond donors (Lipinski definition) is 3. The number of rotatable bonds is 6. The normalized spacial score (nSPS) is 19.9. The van der Waals surface area contributed by atoms with Gasteiger partial charge in [-0.15, -0.1) is 0 Å². The summed E-state index contributed by atoms with van der Waals surface area (Å²) in [7, 11) is -1.43. The van der Waals surface area contributed by atoms with Crippen molar-refractivity contribution in [3.8, 4) is 5.75 Å². The monoisotopic (exact) mass is 491 g/mol. The van der Waals surface area contributed by atoms with Gasteiger partial charge in [0.2, 0.25) is 10.0 Å². The maximum Gasteiger partial charge on any atom is 0.253 e. The number of nitrogens with one attached hydrogen (secondary N) is 2. The zero-order chi connectivity index (χ0) is 24.3. The molecule has 4 rings (SSSR count). The molecule has 0 fully saturated rings. The van der Waals surface area contributed by atoms with E-state index in [9.17, 15) is 23.1 Å². The number of phenols is 1. The lowest BCUT2D eigenvalue weighted by molar-refractivity contribution is 0.290. The minimum Gasteiger partial charge on any atom is -0.504 e. The number of anilines is 3. The summed E-state index contributed by atoms with van der Waals surface area (Å²) in [6.45, 7) is 4.23. The standard InChI is InChI=1S/C23H26ClN3O5S/c1-23(2)11-10-12-6-5-7-13(12)22(23)26-17-16(19(29)20(17)30)25-15-9-8-14(24)21(18(15)28)33(31,32)27(3)4/h5,7-9,22,25-26,28H,6,10-11H2,1-4H3/t22-/m0/s1. The highest BCUT2D eigenvalue weighted by atomic mass is 35.5. The van der Waals surface area contributed by atoms with Crippen LogP contribution in [0.1, 0.15) is 33.1 Å². The van der Waals surface area contributed by atoms with E-state index in [2.05, 4.69) is 36.6 Å². The molecule has 0 unspecified atom stereocenters. The van der Waals surface area contributed by atoms with Crippen molar-refractivity contribution in [2.75, 3.05) is 24.7 Å². The van der Waals surface area contributed by atoms with E-state index in [1.54, 1.807) is 0 Å². The molecule has 10 heteroatoms. The van der Waals surface area contributed by atoms with Gasteiger partial charge in [0, 0.05) is 14.1 Å². The average Bonchev–Trinajstić information content (AvgIpc) is 3.21. The smallest absolute Gasteiger partial charge is 0.253 e. The van der Waals surface area contributed by atoms with Gasteiger partial charge in [-0.2, -0.15) is 0 Å². The van der Waals surface area contributed by atoms with Crippen LogP contribution in [-0.4, -0.2) is 38.0 Å². The third-order valence-corrected chi connectivity index (χ3v) is 8.83. The molecule has 176 valence electrons. The van der Waals surface area contributed by atoms with Crippen LogP contribution in [0.4, 0.5) is 17.1 Å². The van der Waals surface area contributed by atoms with Crippen molar-refractivity contribution in [2.45, 2.75) is 44.0 Å². The summed E-state index contributed by atoms with van der Waals surface area (Å²) in [6, 6.07) is 2.51. The van der Waals surface area contributed by atoms with Crippen LogP contribution < -0.4 is 21.5 Å². The first-order valence-corrected chi connectivity index (χ1v) is 12.4. The molecule has 0 amide bonds. The fourth-order valence-corrected chi connectivity index (χ4v) is 5.90. The number of phenolic OH excluding ortho intramolecular Hbond substituents is 1. The Labute approximate surface area is 197 Å². The molecular formula is C23H26ClN3O5S. The molecule has 1 atom stereocenters. The molecule has 0 saturated carbocycles. The van der Waals surface area contributed by atoms with E-state index in [-0.39, 0.29) is 33.5 Å². The summed E-state index contributed by atoms with van der Waals surface area (Å²) in [5.41, 5.74) is 0.979. The molecule has 0 bridgehead atoms. The van der Waals surface area contributed by atoms with Gasteiger partial charge in [-0.25, -0.2) is 12.7 Å². The van der Waals surface area contributed by atoms with Crippen LogP contribution in [0.3, 0.4) is 0 Å². The Balaban J connectivity index is 1.72. The second-order valence-corrected chi connectivity index (χ2v) is 11.8. The predicted molar refractivity (Wildman–Crippen MR) is 130 cm³/mol. The van der Waals surface area contributed by atoms with Crippen molar-refractivity contribution in [3.05, 3.63) is 60.9 Å². The minimum absolute atomic E-state index is 0.0173. The van der Waals surface area contributed by atoms with Gasteiger partial charge < -0.3 is 15.7 Å². The van der Waals surface area contributed by atoms with E-state index in [4.69, 9.17) is 11.6 Å². The van der Waals surface area contributed by atoms with E-state index in [0.29, 0.717) is 0 Å². The van der Waals surface area contributed by atoms with E-state index in [1.165, 1.54) is 31.8 Å². The molecule has 2 aliphatic rings. The summed E-state index contributed by atoms with van der Waals surface area (Å²) < 4.78 is 26.1. The maximum atomic E-state index is 12.6. The molecule has 0 spiro atoms. The molecule has 0 saturated heterocycles. The van der Waals surface area contributed by atoms with Crippen LogP contribution in [0.25, 0.3) is 0 Å². The Hall–Kier alpha value is -2.62. The fraction of sp³-hybridized carbons (Fsp3) is 0.391. The number of benzene rings is 1. The summed E-state index contributed by atoms with van der Waals surface area (Å²) in [6.07, 6.45) is 6.98. The Kier molecular flexibility index (Phi) is 5.71. The molecular weight excluding hydrogens is 466 g/mol. The van der Waals surface area contributed by atoms with Gasteiger partial charge in [0.05, 0.1) is 16.8 Å². The lowest BCUT2D eigenvalue weighted by Crippen LogP contribution is -2.45. The molecule has 2 aromatic rings. The highest BCUT2D eigenvalue weighted by molar-refractivity contribution is 7.89. The molecule has 2 aromatic carbocycles. The van der Waals surface area contributed by atoms with Gasteiger partial charge in [-0.3, -0.25) is 9.59 Å². The quantitative estimate of drug-likeness (QED) is 0.418. The molecule has 0 aliphatic heterocycles. The molecule has 3 N–H and O–H groups in total. The van der Waals surface area contributed by atoms with E-state index in [1.807, 2.05) is 0 Å². The van der Waals surface area contributed by atoms with Crippen molar-refractivity contribution in [2.24, 2.45) is 5.41 Å². The third-order valence-electron chi connectivity index (χ3n) is 6.51. The zero-order valence-electron chi connectivity index (χ0n) is 18.8. The number of aromatic hydroxyl groups is 1. The number of hydrogen-bond acceptors (Lipinski definition) is 7. The van der Waals surface area contributed by atoms with Gasteiger partial charge in [-0.05, 0) is 42.4 Å². The Bertz CT molecular complexity index is 1380. The largest absolute Gasteiger partial charge is 0.504 e. The third kappa shape index (κ3) is 3.78. The highest BCUT2D eigenvalue weighted by Crippen LogP contribution is 2.45. The van der Waals surface area contributed by atoms with Crippen LogP contribution in [0, 0.1) is 5.41 Å². The topological polar surface area (TPSA) is 116 Å². The molecule has 2 aliphatic carbocycles. The molecule has 0 aromatic heterocycles. The summed E-state index contributed by atoms with van der Waals surface area (Å²) in [4.78, 5) is 24.4. The van der Waals surface area contributed by atoms with E-state index < -0.39 is 31.5 Å². The zero-order valence-corrected chi connectivity index (χ0v) is 20.4. The van der Waals surface area contributed by atoms with Crippen molar-refractivity contribution in [1.82, 2.24) is 4.31 Å². The van der Waals surface area contributed by atoms with E-state index >= 15 is 0 Å². The number of allylic oxidation sites excluding steroid dienone is 2. The highest BCUT2D eigenvalue weighted by Gasteiger charge is 2.39. The van der Waals surface area contributed by atoms with Crippen molar-refractivity contribution >= 4 is 38.7 Å². The number of sulfonamides is 1. The first-order valence-electron chi connectivity index (χ1n) is 10.6. The van der Waals surface area contributed by atoms with Crippen LogP contribution in [0.5, 0.6) is 5.75 Å². The number of nitrogens with zero attached hydrogens (tertiary/aromatic N) is 1. The van der Waals surface area contributed by atoms with Gasteiger partial charge in [0.1, 0.15) is 16.3 Å². The number of halogens is 1. The summed E-state index contributed by atoms with van der Waals surface area (Å²) in [5, 5.41) is 16.5. The Morgan fingerprint density at radius 2 is 1.82 bits per heavy atom. The Morgan fingerprint density at radius 3 is 2.48 bits per heavy atom. The van der Waals surface area contributed by atoms with Crippen molar-refractivity contribution in [1.29, 1.82) is 0 Å². The lowest BCUT2D eigenvalue weighted by Gasteiger charge is -2.41. The lowest BCUT2D eigenvalue weighted by atomic mass is 9.70. The molecule has 0 heterocycles. The van der Waals surface area contributed by atoms with Gasteiger partial charge in [-0.1, -0.05) is 43.2 Å². The van der Waals surface area contributed by atoms with E-state index in [0.717, 1.165) is 29.1 Å². The second kappa shape index (κ2) is 8.00. The fourth-order valence-electron chi connectivity index (χ4n) is 4.43. The van der Waals surface area contributed by atoms with Crippen LogP contribution in [0.15, 0.2) is 49.9 Å². The van der Waals surface area contributed by atoms with Crippen molar-refractivity contribution in [3.63, 3.8) is 0 Å². The average molecular weight is 492 g/mol. The predicted octanol–water partition coefficient (Wildman–Crippen LogP) is 3.49. The van der Waals surface area contributed by atoms with Gasteiger partial charge in [0.25, 0.3) is 10.9 Å². The Morgan fingerprint density at radius 1 is 1.15 bits per heavy atom.